The Morgan fingerprint density at radius 3 is 2.44 bits per heavy atom. The highest BCUT2D eigenvalue weighted by molar-refractivity contribution is 5.97. The van der Waals surface area contributed by atoms with Crippen molar-refractivity contribution in [1.29, 1.82) is 0 Å². The van der Waals surface area contributed by atoms with Crippen LogP contribution in [0, 0.1) is 0 Å². The molecule has 1 N–H and O–H groups in total. The van der Waals surface area contributed by atoms with Crippen molar-refractivity contribution in [2.45, 2.75) is 31.8 Å². The molecular weight excluding hydrogens is 316 g/mol. The van der Waals surface area contributed by atoms with Gasteiger partial charge < -0.3 is 5.32 Å². The SMILES string of the molecule is CON1C(=O)C(C)(C)Nc2ccccc2C1CC(=O)c1ccccc1. The van der Waals surface area contributed by atoms with Crippen LogP contribution in [0.1, 0.15) is 42.2 Å². The average molecular weight is 338 g/mol. The van der Waals surface area contributed by atoms with Gasteiger partial charge in [0, 0.05) is 23.2 Å². The molecule has 25 heavy (non-hydrogen) atoms. The van der Waals surface area contributed by atoms with Crippen molar-refractivity contribution in [3.8, 4) is 0 Å². The van der Waals surface area contributed by atoms with E-state index in [0.29, 0.717) is 5.56 Å². The Kier molecular flexibility index (Phi) is 4.59. The molecule has 1 amide bonds. The van der Waals surface area contributed by atoms with Gasteiger partial charge in [-0.2, -0.15) is 0 Å². The van der Waals surface area contributed by atoms with Gasteiger partial charge in [-0.1, -0.05) is 48.5 Å². The van der Waals surface area contributed by atoms with Crippen LogP contribution in [0.5, 0.6) is 0 Å². The van der Waals surface area contributed by atoms with Crippen LogP contribution in [-0.2, 0) is 9.63 Å². The summed E-state index contributed by atoms with van der Waals surface area (Å²) in [6.07, 6.45) is 0.151. The highest BCUT2D eigenvalue weighted by Gasteiger charge is 2.41. The summed E-state index contributed by atoms with van der Waals surface area (Å²) in [5.74, 6) is -0.243. The van der Waals surface area contributed by atoms with Crippen LogP contribution in [0.15, 0.2) is 54.6 Å². The molecule has 0 spiro atoms. The molecule has 5 heteroatoms. The number of para-hydroxylation sites is 1. The summed E-state index contributed by atoms with van der Waals surface area (Å²) in [5, 5.41) is 4.59. The number of carbonyl (C=O) groups excluding carboxylic acids is 2. The zero-order valence-corrected chi connectivity index (χ0v) is 14.7. The Balaban J connectivity index is 2.02. The van der Waals surface area contributed by atoms with E-state index in [1.807, 2.05) is 42.5 Å². The van der Waals surface area contributed by atoms with Crippen molar-refractivity contribution >= 4 is 17.4 Å². The zero-order valence-electron chi connectivity index (χ0n) is 14.7. The number of anilines is 1. The van der Waals surface area contributed by atoms with Gasteiger partial charge in [-0.3, -0.25) is 14.4 Å². The number of hydrogen-bond acceptors (Lipinski definition) is 4. The molecule has 0 aliphatic carbocycles. The second-order valence-electron chi connectivity index (χ2n) is 6.66. The molecule has 5 nitrogen and oxygen atoms in total. The Morgan fingerprint density at radius 2 is 1.76 bits per heavy atom. The third-order valence-electron chi connectivity index (χ3n) is 4.46. The van der Waals surface area contributed by atoms with Crippen LogP contribution in [-0.4, -0.2) is 29.4 Å². The third-order valence-corrected chi connectivity index (χ3v) is 4.46. The van der Waals surface area contributed by atoms with Gasteiger partial charge in [0.15, 0.2) is 5.78 Å². The van der Waals surface area contributed by atoms with Crippen LogP contribution < -0.4 is 5.32 Å². The molecular formula is C20H22N2O3. The number of amides is 1. The molecule has 3 rings (SSSR count). The molecule has 0 bridgehead atoms. The quantitative estimate of drug-likeness (QED) is 0.866. The molecule has 0 aromatic heterocycles. The van der Waals surface area contributed by atoms with E-state index in [-0.39, 0.29) is 18.1 Å². The van der Waals surface area contributed by atoms with Crippen LogP contribution in [0.3, 0.4) is 0 Å². The first-order chi connectivity index (χ1) is 11.9. The maximum Gasteiger partial charge on any atom is 0.271 e. The minimum Gasteiger partial charge on any atom is -0.371 e. The molecule has 0 saturated carbocycles. The van der Waals surface area contributed by atoms with E-state index in [1.54, 1.807) is 26.0 Å². The number of carbonyl (C=O) groups is 2. The highest BCUT2D eigenvalue weighted by atomic mass is 16.7. The van der Waals surface area contributed by atoms with Gasteiger partial charge in [0.25, 0.3) is 5.91 Å². The molecule has 0 fully saturated rings. The summed E-state index contributed by atoms with van der Waals surface area (Å²) in [5.41, 5.74) is 1.50. The van der Waals surface area contributed by atoms with Crippen LogP contribution in [0.4, 0.5) is 5.69 Å². The number of hydrogen-bond donors (Lipinski definition) is 1. The molecule has 2 aromatic rings. The third kappa shape index (κ3) is 3.28. The predicted molar refractivity (Wildman–Crippen MR) is 96.1 cm³/mol. The van der Waals surface area contributed by atoms with E-state index in [0.717, 1.165) is 11.3 Å². The summed E-state index contributed by atoms with van der Waals surface area (Å²) < 4.78 is 0. The first-order valence-corrected chi connectivity index (χ1v) is 8.27. The monoisotopic (exact) mass is 338 g/mol. The fraction of sp³-hybridized carbons (Fsp3) is 0.300. The lowest BCUT2D eigenvalue weighted by Crippen LogP contribution is -2.48. The minimum atomic E-state index is -0.837. The molecule has 2 aromatic carbocycles. The number of fused-ring (bicyclic) bond motifs is 1. The topological polar surface area (TPSA) is 58.6 Å². The summed E-state index contributed by atoms with van der Waals surface area (Å²) in [6.45, 7) is 3.61. The van der Waals surface area contributed by atoms with Crippen molar-refractivity contribution in [2.24, 2.45) is 0 Å². The highest BCUT2D eigenvalue weighted by Crippen LogP contribution is 2.37. The zero-order chi connectivity index (χ0) is 18.0. The lowest BCUT2D eigenvalue weighted by atomic mass is 9.96. The number of Topliss-reactive ketones (excluding diaryl/α,β-unsaturated/α-hetero) is 1. The number of nitrogens with zero attached hydrogens (tertiary/aromatic N) is 1. The van der Waals surface area contributed by atoms with Crippen molar-refractivity contribution < 1.29 is 14.4 Å². The van der Waals surface area contributed by atoms with Crippen molar-refractivity contribution in [1.82, 2.24) is 5.06 Å². The van der Waals surface area contributed by atoms with Crippen LogP contribution in [0.2, 0.25) is 0 Å². The molecule has 1 aliphatic rings. The fourth-order valence-electron chi connectivity index (χ4n) is 3.16. The van der Waals surface area contributed by atoms with Crippen molar-refractivity contribution in [3.63, 3.8) is 0 Å². The number of rotatable bonds is 4. The first-order valence-electron chi connectivity index (χ1n) is 8.27. The van der Waals surface area contributed by atoms with Gasteiger partial charge in [-0.25, -0.2) is 5.06 Å². The Morgan fingerprint density at radius 1 is 1.12 bits per heavy atom. The Bertz CT molecular complexity index is 787. The van der Waals surface area contributed by atoms with Gasteiger partial charge in [0.05, 0.1) is 13.2 Å². The second kappa shape index (κ2) is 6.69. The fourth-order valence-corrected chi connectivity index (χ4v) is 3.16. The molecule has 0 radical (unpaired) electrons. The molecule has 130 valence electrons. The normalized spacial score (nSPS) is 18.9. The average Bonchev–Trinajstić information content (AvgIpc) is 2.69. The van der Waals surface area contributed by atoms with Gasteiger partial charge in [-0.15, -0.1) is 0 Å². The van der Waals surface area contributed by atoms with E-state index in [4.69, 9.17) is 4.84 Å². The van der Waals surface area contributed by atoms with Gasteiger partial charge in [-0.05, 0) is 19.9 Å². The smallest absolute Gasteiger partial charge is 0.271 e. The Labute approximate surface area is 147 Å². The summed E-state index contributed by atoms with van der Waals surface area (Å²) in [6, 6.07) is 16.3. The molecule has 1 heterocycles. The molecule has 1 atom stereocenters. The Hall–Kier alpha value is -2.66. The molecule has 1 aliphatic heterocycles. The van der Waals surface area contributed by atoms with Crippen molar-refractivity contribution in [2.75, 3.05) is 12.4 Å². The largest absolute Gasteiger partial charge is 0.371 e. The maximum absolute atomic E-state index is 12.9. The standard InChI is InChI=1S/C20H22N2O3/c1-20(2)19(24)22(25-3)17(15-11-7-8-12-16(15)21-20)13-18(23)14-9-5-4-6-10-14/h4-12,17,21H,13H2,1-3H3. The predicted octanol–water partition coefficient (Wildman–Crippen LogP) is 3.59. The summed E-state index contributed by atoms with van der Waals surface area (Å²) in [4.78, 5) is 31.1. The maximum atomic E-state index is 12.9. The van der Waals surface area contributed by atoms with E-state index in [2.05, 4.69) is 5.32 Å². The van der Waals surface area contributed by atoms with E-state index in [9.17, 15) is 9.59 Å². The van der Waals surface area contributed by atoms with E-state index in [1.165, 1.54) is 12.2 Å². The van der Waals surface area contributed by atoms with E-state index < -0.39 is 11.6 Å². The van der Waals surface area contributed by atoms with Gasteiger partial charge in [0.2, 0.25) is 0 Å². The first kappa shape index (κ1) is 17.2. The summed E-state index contributed by atoms with van der Waals surface area (Å²) >= 11 is 0. The van der Waals surface area contributed by atoms with Crippen molar-refractivity contribution in [3.05, 3.63) is 65.7 Å². The molecule has 1 unspecified atom stereocenters. The van der Waals surface area contributed by atoms with E-state index >= 15 is 0 Å². The van der Waals surface area contributed by atoms with Crippen LogP contribution in [0.25, 0.3) is 0 Å². The summed E-state index contributed by atoms with van der Waals surface area (Å²) in [7, 11) is 1.46. The van der Waals surface area contributed by atoms with Gasteiger partial charge >= 0.3 is 0 Å². The van der Waals surface area contributed by atoms with Gasteiger partial charge in [0.1, 0.15) is 5.54 Å². The van der Waals surface area contributed by atoms with Crippen LogP contribution >= 0.6 is 0 Å². The lowest BCUT2D eigenvalue weighted by molar-refractivity contribution is -0.192. The number of hydroxylamine groups is 2. The number of benzene rings is 2. The number of ketones is 1. The molecule has 0 saturated heterocycles. The minimum absolute atomic E-state index is 0.0324. The second-order valence-corrected chi connectivity index (χ2v) is 6.66. The number of nitrogens with one attached hydrogen (secondary N) is 1. The lowest BCUT2D eigenvalue weighted by Gasteiger charge is -2.31.